The van der Waals surface area contributed by atoms with Crippen LogP contribution in [0.1, 0.15) is 38.2 Å². The Hall–Kier alpha value is -1.46. The molecule has 2 heteroatoms. The maximum atomic E-state index is 12.7. The van der Waals surface area contributed by atoms with Crippen LogP contribution in [0.5, 0.6) is 0 Å². The smallest absolute Gasteiger partial charge is 0.186 e. The van der Waals surface area contributed by atoms with Crippen molar-refractivity contribution in [2.75, 3.05) is 0 Å². The average molecular weight is 284 g/mol. The Morgan fingerprint density at radius 2 is 1.20 bits per heavy atom. The first-order chi connectivity index (χ1) is 9.43. The van der Waals surface area contributed by atoms with E-state index in [1.165, 1.54) is 16.7 Å². The van der Waals surface area contributed by atoms with Gasteiger partial charge in [0.2, 0.25) is 0 Å². The second-order valence-electron chi connectivity index (χ2n) is 5.32. The van der Waals surface area contributed by atoms with E-state index >= 15 is 0 Å². The number of hydrogen-bond donors (Lipinski definition) is 0. The molecule has 0 saturated heterocycles. The number of benzene rings is 2. The SMILES string of the molecule is Cc1c(C)c(C)c(C(=O)Pc2ccccc2)c(C)c1C. The van der Waals surface area contributed by atoms with Gasteiger partial charge in [-0.25, -0.2) is 0 Å². The fourth-order valence-electron chi connectivity index (χ4n) is 2.56. The van der Waals surface area contributed by atoms with Crippen LogP contribution in [0.25, 0.3) is 0 Å². The first-order valence-corrected chi connectivity index (χ1v) is 7.86. The molecule has 0 aliphatic rings. The highest BCUT2D eigenvalue weighted by atomic mass is 31.1. The van der Waals surface area contributed by atoms with Gasteiger partial charge in [0.05, 0.1) is 0 Å². The molecule has 0 aliphatic carbocycles. The standard InChI is InChI=1S/C18H21OP/c1-11-12(2)14(4)17(15(5)13(11)3)18(19)20-16-9-7-6-8-10-16/h6-10,20H,1-5H3. The Kier molecular flexibility index (Phi) is 4.40. The van der Waals surface area contributed by atoms with Gasteiger partial charge in [0, 0.05) is 5.56 Å². The van der Waals surface area contributed by atoms with E-state index in [4.69, 9.17) is 0 Å². The number of carbonyl (C=O) groups is 1. The molecule has 1 nitrogen and oxygen atoms in total. The highest BCUT2D eigenvalue weighted by Gasteiger charge is 2.18. The summed E-state index contributed by atoms with van der Waals surface area (Å²) in [7, 11) is 0.199. The van der Waals surface area contributed by atoms with E-state index in [1.54, 1.807) is 0 Å². The summed E-state index contributed by atoms with van der Waals surface area (Å²) < 4.78 is 0. The van der Waals surface area contributed by atoms with Crippen molar-refractivity contribution in [1.29, 1.82) is 0 Å². The lowest BCUT2D eigenvalue weighted by molar-refractivity contribution is 0.108. The minimum atomic E-state index is 0.199. The first-order valence-electron chi connectivity index (χ1n) is 6.86. The van der Waals surface area contributed by atoms with Crippen LogP contribution in [-0.2, 0) is 0 Å². The molecule has 0 amide bonds. The average Bonchev–Trinajstić information content (AvgIpc) is 2.44. The van der Waals surface area contributed by atoms with Gasteiger partial charge in [-0.2, -0.15) is 0 Å². The largest absolute Gasteiger partial charge is 0.289 e. The summed E-state index contributed by atoms with van der Waals surface area (Å²) in [5.74, 6) is 0. The Balaban J connectivity index is 2.45. The molecule has 0 aromatic heterocycles. The minimum absolute atomic E-state index is 0.199. The molecule has 1 atom stereocenters. The van der Waals surface area contributed by atoms with Gasteiger partial charge in [-0.15, -0.1) is 0 Å². The molecule has 0 saturated carbocycles. The summed E-state index contributed by atoms with van der Waals surface area (Å²) in [6.45, 7) is 10.5. The van der Waals surface area contributed by atoms with Crippen LogP contribution >= 0.6 is 8.58 Å². The van der Waals surface area contributed by atoms with Crippen LogP contribution in [0.4, 0.5) is 0 Å². The molecule has 0 N–H and O–H groups in total. The highest BCUT2D eigenvalue weighted by Crippen LogP contribution is 2.30. The summed E-state index contributed by atoms with van der Waals surface area (Å²) in [4.78, 5) is 12.7. The van der Waals surface area contributed by atoms with Crippen LogP contribution in [0.2, 0.25) is 0 Å². The van der Waals surface area contributed by atoms with Crippen molar-refractivity contribution >= 4 is 19.4 Å². The quantitative estimate of drug-likeness (QED) is 0.765. The lowest BCUT2D eigenvalue weighted by atomic mass is 9.90. The molecule has 0 fully saturated rings. The summed E-state index contributed by atoms with van der Waals surface area (Å²) in [6.07, 6.45) is 0. The molecule has 0 heterocycles. The molecule has 0 aliphatic heterocycles. The zero-order valence-corrected chi connectivity index (χ0v) is 13.8. The molecule has 2 aromatic rings. The summed E-state index contributed by atoms with van der Waals surface area (Å²) in [5.41, 5.74) is 7.24. The molecule has 0 radical (unpaired) electrons. The third-order valence-electron chi connectivity index (χ3n) is 4.26. The van der Waals surface area contributed by atoms with E-state index < -0.39 is 0 Å². The normalized spacial score (nSPS) is 11.2. The van der Waals surface area contributed by atoms with Crippen molar-refractivity contribution in [2.45, 2.75) is 34.6 Å². The summed E-state index contributed by atoms with van der Waals surface area (Å²) in [6, 6.07) is 10.0. The van der Waals surface area contributed by atoms with Crippen molar-refractivity contribution < 1.29 is 4.79 Å². The topological polar surface area (TPSA) is 17.1 Å². The third kappa shape index (κ3) is 2.69. The first kappa shape index (κ1) is 14.9. The van der Waals surface area contributed by atoms with E-state index in [2.05, 4.69) is 34.6 Å². The molecule has 0 spiro atoms. The maximum absolute atomic E-state index is 12.7. The van der Waals surface area contributed by atoms with Crippen molar-refractivity contribution in [3.05, 3.63) is 63.7 Å². The summed E-state index contributed by atoms with van der Waals surface area (Å²) >= 11 is 0. The summed E-state index contributed by atoms with van der Waals surface area (Å²) in [5, 5.41) is 1.10. The Morgan fingerprint density at radius 1 is 0.750 bits per heavy atom. The Labute approximate surface area is 123 Å². The van der Waals surface area contributed by atoms with Gasteiger partial charge in [-0.05, 0) is 76.3 Å². The van der Waals surface area contributed by atoms with Crippen molar-refractivity contribution in [1.82, 2.24) is 0 Å². The van der Waals surface area contributed by atoms with Gasteiger partial charge < -0.3 is 0 Å². The molecule has 104 valence electrons. The molecule has 1 unspecified atom stereocenters. The zero-order chi connectivity index (χ0) is 14.9. The van der Waals surface area contributed by atoms with Gasteiger partial charge >= 0.3 is 0 Å². The second-order valence-corrected chi connectivity index (χ2v) is 6.60. The molecular formula is C18H21OP. The van der Waals surface area contributed by atoms with E-state index in [9.17, 15) is 4.79 Å². The molecule has 2 rings (SSSR count). The number of carbonyl (C=O) groups excluding carboxylic acids is 1. The fraction of sp³-hybridized carbons (Fsp3) is 0.278. The van der Waals surface area contributed by atoms with Crippen LogP contribution in [-0.4, -0.2) is 5.52 Å². The van der Waals surface area contributed by atoms with Crippen molar-refractivity contribution in [2.24, 2.45) is 0 Å². The van der Waals surface area contributed by atoms with Crippen LogP contribution in [0.15, 0.2) is 30.3 Å². The van der Waals surface area contributed by atoms with Gasteiger partial charge in [-0.3, -0.25) is 4.79 Å². The highest BCUT2D eigenvalue weighted by molar-refractivity contribution is 7.66. The van der Waals surface area contributed by atoms with Crippen LogP contribution < -0.4 is 5.30 Å². The number of hydrogen-bond acceptors (Lipinski definition) is 1. The third-order valence-corrected chi connectivity index (χ3v) is 5.36. The van der Waals surface area contributed by atoms with Gasteiger partial charge in [0.15, 0.2) is 5.52 Å². The second kappa shape index (κ2) is 5.89. The van der Waals surface area contributed by atoms with E-state index in [0.717, 1.165) is 22.0 Å². The van der Waals surface area contributed by atoms with E-state index in [-0.39, 0.29) is 14.1 Å². The van der Waals surface area contributed by atoms with Crippen molar-refractivity contribution in [3.63, 3.8) is 0 Å². The molecule has 0 bridgehead atoms. The zero-order valence-electron chi connectivity index (χ0n) is 12.8. The predicted octanol–water partition coefficient (Wildman–Crippen LogP) is 4.37. The van der Waals surface area contributed by atoms with Crippen LogP contribution in [0, 0.1) is 34.6 Å². The van der Waals surface area contributed by atoms with Crippen molar-refractivity contribution in [3.8, 4) is 0 Å². The minimum Gasteiger partial charge on any atom is -0.289 e. The molecule has 20 heavy (non-hydrogen) atoms. The molecule has 2 aromatic carbocycles. The van der Waals surface area contributed by atoms with E-state index in [1.807, 2.05) is 30.3 Å². The van der Waals surface area contributed by atoms with Gasteiger partial charge in [0.1, 0.15) is 0 Å². The lowest BCUT2D eigenvalue weighted by Crippen LogP contribution is -2.08. The fourth-order valence-corrected chi connectivity index (χ4v) is 3.68. The Bertz CT molecular complexity index is 628. The number of rotatable bonds is 3. The van der Waals surface area contributed by atoms with Gasteiger partial charge in [0.25, 0.3) is 0 Å². The van der Waals surface area contributed by atoms with Gasteiger partial charge in [-0.1, -0.05) is 30.3 Å². The lowest BCUT2D eigenvalue weighted by Gasteiger charge is -2.17. The van der Waals surface area contributed by atoms with Crippen LogP contribution in [0.3, 0.4) is 0 Å². The molecular weight excluding hydrogens is 263 g/mol. The monoisotopic (exact) mass is 284 g/mol. The predicted molar refractivity (Wildman–Crippen MR) is 88.8 cm³/mol. The maximum Gasteiger partial charge on any atom is 0.186 e. The Morgan fingerprint density at radius 3 is 1.70 bits per heavy atom. The van der Waals surface area contributed by atoms with E-state index in [0.29, 0.717) is 0 Å².